The highest BCUT2D eigenvalue weighted by molar-refractivity contribution is 6.20. The van der Waals surface area contributed by atoms with E-state index in [-0.39, 0.29) is 0 Å². The Morgan fingerprint density at radius 3 is 2.00 bits per heavy atom. The van der Waals surface area contributed by atoms with Crippen LogP contribution in [-0.4, -0.2) is 9.13 Å². The van der Waals surface area contributed by atoms with Crippen molar-refractivity contribution in [3.8, 4) is 0 Å². The van der Waals surface area contributed by atoms with E-state index in [9.17, 15) is 0 Å². The third kappa shape index (κ3) is 2.43. The Labute approximate surface area is 176 Å². The maximum atomic E-state index is 2.40. The molecular weight excluding hydrogens is 364 g/mol. The summed E-state index contributed by atoms with van der Waals surface area (Å²) in [6.45, 7) is 2.26. The minimum absolute atomic E-state index is 1.15. The Kier molecular flexibility index (Phi) is 3.73. The fourth-order valence-electron chi connectivity index (χ4n) is 5.13. The molecule has 0 bridgehead atoms. The van der Waals surface area contributed by atoms with Gasteiger partial charge in [0.2, 0.25) is 0 Å². The summed E-state index contributed by atoms with van der Waals surface area (Å²) in [5.41, 5.74) is 4.05. The molecule has 6 rings (SSSR count). The van der Waals surface area contributed by atoms with Crippen molar-refractivity contribution in [1.29, 1.82) is 0 Å². The molecule has 4 aromatic carbocycles. The van der Waals surface area contributed by atoms with Crippen molar-refractivity contribution in [2.24, 2.45) is 14.1 Å². The Balaban J connectivity index is 1.67. The minimum Gasteiger partial charge on any atom is -0.351 e. The van der Waals surface area contributed by atoms with Gasteiger partial charge in [-0.05, 0) is 81.6 Å². The first-order valence-corrected chi connectivity index (χ1v) is 11.0. The van der Waals surface area contributed by atoms with Crippen LogP contribution in [0.5, 0.6) is 0 Å². The lowest BCUT2D eigenvalue weighted by Crippen LogP contribution is -1.95. The second-order valence-electron chi connectivity index (χ2n) is 8.72. The van der Waals surface area contributed by atoms with E-state index >= 15 is 0 Å². The number of hydrogen-bond acceptors (Lipinski definition) is 0. The van der Waals surface area contributed by atoms with Crippen molar-refractivity contribution >= 4 is 54.1 Å². The Hall–Kier alpha value is -3.26. The number of aromatic nitrogens is 2. The molecular formula is C28H26N2. The number of hydrogen-bond donors (Lipinski definition) is 0. The zero-order valence-electron chi connectivity index (χ0n) is 17.9. The average molecular weight is 391 g/mol. The molecule has 0 spiro atoms. The van der Waals surface area contributed by atoms with Gasteiger partial charge in [0.25, 0.3) is 0 Å². The lowest BCUT2D eigenvalue weighted by molar-refractivity contribution is 0.742. The fraction of sp³-hybridized carbons (Fsp3) is 0.214. The van der Waals surface area contributed by atoms with Crippen molar-refractivity contribution in [2.45, 2.75) is 26.2 Å². The molecule has 0 aliphatic carbocycles. The molecule has 0 fully saturated rings. The molecule has 0 N–H and O–H groups in total. The SMILES string of the molecule is CCCCc1cc2cc3ccc4c5cc6c(ccn6C)cc5ccc4c3cc2n1C. The minimum atomic E-state index is 1.15. The van der Waals surface area contributed by atoms with Crippen LogP contribution in [0.2, 0.25) is 0 Å². The first-order valence-electron chi connectivity index (χ1n) is 11.0. The van der Waals surface area contributed by atoms with Crippen LogP contribution in [0.3, 0.4) is 0 Å². The molecule has 0 radical (unpaired) electrons. The highest BCUT2D eigenvalue weighted by atomic mass is 14.9. The number of aryl methyl sites for hydroxylation is 3. The lowest BCUT2D eigenvalue weighted by atomic mass is 9.95. The van der Waals surface area contributed by atoms with Crippen molar-refractivity contribution in [1.82, 2.24) is 9.13 Å². The molecule has 0 aliphatic heterocycles. The Morgan fingerprint density at radius 2 is 1.30 bits per heavy atom. The number of rotatable bonds is 3. The molecule has 148 valence electrons. The van der Waals surface area contributed by atoms with Crippen LogP contribution >= 0.6 is 0 Å². The maximum absolute atomic E-state index is 2.40. The first-order chi connectivity index (χ1) is 14.6. The molecule has 0 unspecified atom stereocenters. The summed E-state index contributed by atoms with van der Waals surface area (Å²) in [6.07, 6.45) is 5.77. The molecule has 0 aliphatic rings. The number of nitrogens with zero attached hydrogens (tertiary/aromatic N) is 2. The van der Waals surface area contributed by atoms with Gasteiger partial charge >= 0.3 is 0 Å². The largest absolute Gasteiger partial charge is 0.351 e. The van der Waals surface area contributed by atoms with Crippen molar-refractivity contribution in [3.05, 3.63) is 72.6 Å². The molecule has 2 heteroatoms. The van der Waals surface area contributed by atoms with E-state index < -0.39 is 0 Å². The van der Waals surface area contributed by atoms with Gasteiger partial charge in [-0.25, -0.2) is 0 Å². The van der Waals surface area contributed by atoms with Gasteiger partial charge in [-0.15, -0.1) is 0 Å². The zero-order chi connectivity index (χ0) is 20.4. The second kappa shape index (κ2) is 6.37. The first kappa shape index (κ1) is 17.6. The van der Waals surface area contributed by atoms with E-state index in [1.54, 1.807) is 0 Å². The lowest BCUT2D eigenvalue weighted by Gasteiger charge is -2.10. The van der Waals surface area contributed by atoms with Crippen LogP contribution in [0.25, 0.3) is 54.1 Å². The standard InChI is InChI=1S/C28H26N2/c1-4-5-6-22-15-21-14-19-8-10-23-24(26(19)17-28(21)30(22)3)9-7-18-13-20-11-12-29(2)27(20)16-25(18)23/h7-17H,4-6H2,1-3H3. The number of unbranched alkanes of at least 4 members (excludes halogenated alkanes) is 1. The van der Waals surface area contributed by atoms with Gasteiger partial charge in [0.1, 0.15) is 0 Å². The van der Waals surface area contributed by atoms with Gasteiger partial charge < -0.3 is 9.13 Å². The highest BCUT2D eigenvalue weighted by Gasteiger charge is 2.11. The van der Waals surface area contributed by atoms with Crippen LogP contribution in [-0.2, 0) is 20.5 Å². The van der Waals surface area contributed by atoms with Gasteiger partial charge in [0.15, 0.2) is 0 Å². The van der Waals surface area contributed by atoms with Gasteiger partial charge in [-0.3, -0.25) is 0 Å². The Morgan fingerprint density at radius 1 is 0.633 bits per heavy atom. The quantitative estimate of drug-likeness (QED) is 0.277. The molecule has 30 heavy (non-hydrogen) atoms. The summed E-state index contributed by atoms with van der Waals surface area (Å²) in [7, 11) is 4.34. The third-order valence-corrected chi connectivity index (χ3v) is 6.89. The predicted molar refractivity (Wildman–Crippen MR) is 131 cm³/mol. The third-order valence-electron chi connectivity index (χ3n) is 6.89. The maximum Gasteiger partial charge on any atom is 0.0486 e. The summed E-state index contributed by atoms with van der Waals surface area (Å²) in [4.78, 5) is 0. The van der Waals surface area contributed by atoms with E-state index in [1.807, 2.05) is 0 Å². The van der Waals surface area contributed by atoms with Crippen molar-refractivity contribution in [3.63, 3.8) is 0 Å². The summed E-state index contributed by atoms with van der Waals surface area (Å²) < 4.78 is 4.60. The predicted octanol–water partition coefficient (Wildman–Crippen LogP) is 7.47. The summed E-state index contributed by atoms with van der Waals surface area (Å²) in [5, 5.41) is 10.6. The van der Waals surface area contributed by atoms with Gasteiger partial charge in [0, 0.05) is 47.8 Å². The molecule has 2 aromatic heterocycles. The fourth-order valence-corrected chi connectivity index (χ4v) is 5.13. The van der Waals surface area contributed by atoms with Crippen molar-refractivity contribution < 1.29 is 0 Å². The summed E-state index contributed by atoms with van der Waals surface area (Å²) >= 11 is 0. The van der Waals surface area contributed by atoms with Gasteiger partial charge in [0.05, 0.1) is 0 Å². The van der Waals surface area contributed by atoms with Crippen LogP contribution in [0.4, 0.5) is 0 Å². The molecule has 2 nitrogen and oxygen atoms in total. The van der Waals surface area contributed by atoms with Gasteiger partial charge in [-0.2, -0.15) is 0 Å². The molecule has 2 heterocycles. The molecule has 0 saturated carbocycles. The average Bonchev–Trinajstić information content (AvgIpc) is 3.28. The topological polar surface area (TPSA) is 9.86 Å². The highest BCUT2D eigenvalue weighted by Crippen LogP contribution is 2.35. The van der Waals surface area contributed by atoms with Crippen LogP contribution in [0, 0.1) is 0 Å². The molecule has 0 atom stereocenters. The number of benzene rings is 4. The Bertz CT molecular complexity index is 1590. The monoisotopic (exact) mass is 390 g/mol. The zero-order valence-corrected chi connectivity index (χ0v) is 17.9. The van der Waals surface area contributed by atoms with Crippen molar-refractivity contribution in [2.75, 3.05) is 0 Å². The van der Waals surface area contributed by atoms with Crippen LogP contribution in [0.1, 0.15) is 25.5 Å². The summed E-state index contributed by atoms with van der Waals surface area (Å²) in [5.74, 6) is 0. The van der Waals surface area contributed by atoms with Gasteiger partial charge in [-0.1, -0.05) is 37.6 Å². The van der Waals surface area contributed by atoms with E-state index in [4.69, 9.17) is 0 Å². The van der Waals surface area contributed by atoms with Crippen LogP contribution in [0.15, 0.2) is 66.9 Å². The normalized spacial score (nSPS) is 12.2. The molecule has 0 saturated heterocycles. The second-order valence-corrected chi connectivity index (χ2v) is 8.72. The van der Waals surface area contributed by atoms with E-state index in [1.165, 1.54) is 72.7 Å². The smallest absolute Gasteiger partial charge is 0.0486 e. The van der Waals surface area contributed by atoms with E-state index in [0.717, 1.165) is 6.42 Å². The van der Waals surface area contributed by atoms with E-state index in [2.05, 4.69) is 97.0 Å². The van der Waals surface area contributed by atoms with E-state index in [0.29, 0.717) is 0 Å². The molecule has 0 amide bonds. The number of fused-ring (bicyclic) bond motifs is 7. The summed E-state index contributed by atoms with van der Waals surface area (Å²) in [6, 6.07) is 23.2. The van der Waals surface area contributed by atoms with Crippen LogP contribution < -0.4 is 0 Å². The molecule has 6 aromatic rings.